The molecule has 31 heavy (non-hydrogen) atoms. The number of para-hydroxylation sites is 1. The van der Waals surface area contributed by atoms with Gasteiger partial charge in [0, 0.05) is 26.1 Å². The first-order valence-corrected chi connectivity index (χ1v) is 10.7. The second-order valence-electron chi connectivity index (χ2n) is 7.83. The second kappa shape index (κ2) is 11.3. The normalized spacial score (nSPS) is 14.2. The molecule has 0 saturated carbocycles. The molecule has 0 spiro atoms. The Morgan fingerprint density at radius 1 is 1.10 bits per heavy atom. The van der Waals surface area contributed by atoms with Crippen molar-refractivity contribution >= 4 is 17.6 Å². The van der Waals surface area contributed by atoms with Crippen molar-refractivity contribution < 1.29 is 18.7 Å². The number of nitrogens with zero attached hydrogens (tertiary/aromatic N) is 1. The Labute approximate surface area is 182 Å². The van der Waals surface area contributed by atoms with Crippen LogP contribution in [0.25, 0.3) is 0 Å². The van der Waals surface area contributed by atoms with E-state index < -0.39 is 5.82 Å². The van der Waals surface area contributed by atoms with Crippen molar-refractivity contribution in [1.82, 2.24) is 10.2 Å². The SMILES string of the molecule is COc1ccc(CCC(=O)NCCC2CCN(C(=O)Nc3ccccc3F)CC2)cc1. The van der Waals surface area contributed by atoms with Crippen molar-refractivity contribution in [3.05, 3.63) is 59.9 Å². The molecule has 0 aromatic heterocycles. The average Bonchev–Trinajstić information content (AvgIpc) is 2.80. The van der Waals surface area contributed by atoms with Gasteiger partial charge in [-0.3, -0.25) is 4.79 Å². The summed E-state index contributed by atoms with van der Waals surface area (Å²) in [5.74, 6) is 0.898. The third-order valence-electron chi connectivity index (χ3n) is 5.69. The Morgan fingerprint density at radius 2 is 1.81 bits per heavy atom. The minimum Gasteiger partial charge on any atom is -0.497 e. The first-order chi connectivity index (χ1) is 15.0. The molecule has 2 aromatic carbocycles. The number of methoxy groups -OCH3 is 1. The predicted octanol–water partition coefficient (Wildman–Crippen LogP) is 4.22. The van der Waals surface area contributed by atoms with E-state index in [2.05, 4.69) is 10.6 Å². The van der Waals surface area contributed by atoms with E-state index in [9.17, 15) is 14.0 Å². The average molecular weight is 428 g/mol. The number of carbonyl (C=O) groups is 2. The number of amides is 3. The maximum atomic E-state index is 13.7. The molecule has 0 radical (unpaired) electrons. The van der Waals surface area contributed by atoms with Crippen LogP contribution in [0.3, 0.4) is 0 Å². The molecule has 7 heteroatoms. The van der Waals surface area contributed by atoms with Gasteiger partial charge < -0.3 is 20.3 Å². The summed E-state index contributed by atoms with van der Waals surface area (Å²) in [6, 6.07) is 13.6. The maximum Gasteiger partial charge on any atom is 0.321 e. The fourth-order valence-corrected chi connectivity index (χ4v) is 3.74. The highest BCUT2D eigenvalue weighted by molar-refractivity contribution is 5.89. The zero-order valence-corrected chi connectivity index (χ0v) is 17.9. The summed E-state index contributed by atoms with van der Waals surface area (Å²) in [6.45, 7) is 1.92. The van der Waals surface area contributed by atoms with Crippen LogP contribution in [0.5, 0.6) is 5.75 Å². The Morgan fingerprint density at radius 3 is 2.48 bits per heavy atom. The number of nitrogens with one attached hydrogen (secondary N) is 2. The summed E-state index contributed by atoms with van der Waals surface area (Å²) in [6.07, 6.45) is 3.82. The highest BCUT2D eigenvalue weighted by atomic mass is 19.1. The van der Waals surface area contributed by atoms with Crippen LogP contribution in [0.15, 0.2) is 48.5 Å². The van der Waals surface area contributed by atoms with E-state index in [1.54, 1.807) is 30.2 Å². The fourth-order valence-electron chi connectivity index (χ4n) is 3.74. The maximum absolute atomic E-state index is 13.7. The molecule has 1 heterocycles. The molecule has 166 valence electrons. The number of ether oxygens (including phenoxy) is 1. The Hall–Kier alpha value is -3.09. The van der Waals surface area contributed by atoms with E-state index in [1.807, 2.05) is 24.3 Å². The van der Waals surface area contributed by atoms with Crippen molar-refractivity contribution in [2.24, 2.45) is 5.92 Å². The molecule has 3 amide bonds. The van der Waals surface area contributed by atoms with Gasteiger partial charge in [0.1, 0.15) is 11.6 Å². The van der Waals surface area contributed by atoms with E-state index in [-0.39, 0.29) is 17.6 Å². The zero-order chi connectivity index (χ0) is 22.1. The lowest BCUT2D eigenvalue weighted by Gasteiger charge is -2.32. The lowest BCUT2D eigenvalue weighted by atomic mass is 9.93. The molecule has 2 aromatic rings. The van der Waals surface area contributed by atoms with Gasteiger partial charge in [-0.25, -0.2) is 9.18 Å². The van der Waals surface area contributed by atoms with Crippen LogP contribution < -0.4 is 15.4 Å². The quantitative estimate of drug-likeness (QED) is 0.663. The standard InChI is InChI=1S/C24H30FN3O3/c1-31-20-9-6-18(7-10-20)8-11-23(29)26-15-12-19-13-16-28(17-14-19)24(30)27-22-5-3-2-4-21(22)25/h2-7,9-10,19H,8,11-17H2,1H3,(H,26,29)(H,27,30). The number of hydrogen-bond acceptors (Lipinski definition) is 3. The van der Waals surface area contributed by atoms with Gasteiger partial charge in [-0.15, -0.1) is 0 Å². The molecule has 0 unspecified atom stereocenters. The van der Waals surface area contributed by atoms with Crippen LogP contribution in [-0.4, -0.2) is 43.6 Å². The van der Waals surface area contributed by atoms with Gasteiger partial charge in [0.05, 0.1) is 12.8 Å². The van der Waals surface area contributed by atoms with Crippen LogP contribution in [-0.2, 0) is 11.2 Å². The number of piperidine rings is 1. The molecule has 1 aliphatic heterocycles. The fraction of sp³-hybridized carbons (Fsp3) is 0.417. The molecule has 0 atom stereocenters. The molecule has 6 nitrogen and oxygen atoms in total. The third-order valence-corrected chi connectivity index (χ3v) is 5.69. The van der Waals surface area contributed by atoms with Crippen molar-refractivity contribution in [3.63, 3.8) is 0 Å². The molecule has 3 rings (SSSR count). The summed E-state index contributed by atoms with van der Waals surface area (Å²) >= 11 is 0. The molecule has 0 bridgehead atoms. The van der Waals surface area contributed by atoms with Gasteiger partial charge in [0.15, 0.2) is 0 Å². The van der Waals surface area contributed by atoms with Gasteiger partial charge in [0.2, 0.25) is 5.91 Å². The van der Waals surface area contributed by atoms with E-state index in [0.29, 0.717) is 38.4 Å². The largest absolute Gasteiger partial charge is 0.497 e. The Balaban J connectivity index is 1.30. The number of urea groups is 1. The third kappa shape index (κ3) is 6.98. The number of anilines is 1. The lowest BCUT2D eigenvalue weighted by Crippen LogP contribution is -2.41. The van der Waals surface area contributed by atoms with Gasteiger partial charge >= 0.3 is 6.03 Å². The highest BCUT2D eigenvalue weighted by Gasteiger charge is 2.23. The summed E-state index contributed by atoms with van der Waals surface area (Å²) in [5, 5.41) is 5.63. The van der Waals surface area contributed by atoms with Gasteiger partial charge in [-0.05, 0) is 61.4 Å². The molecule has 1 aliphatic rings. The highest BCUT2D eigenvalue weighted by Crippen LogP contribution is 2.21. The van der Waals surface area contributed by atoms with E-state index >= 15 is 0 Å². The summed E-state index contributed by atoms with van der Waals surface area (Å²) in [7, 11) is 1.63. The number of hydrogen-bond donors (Lipinski definition) is 2. The van der Waals surface area contributed by atoms with Crippen molar-refractivity contribution in [1.29, 1.82) is 0 Å². The minimum absolute atomic E-state index is 0.0533. The van der Waals surface area contributed by atoms with Crippen LogP contribution in [0.4, 0.5) is 14.9 Å². The lowest BCUT2D eigenvalue weighted by molar-refractivity contribution is -0.121. The molecule has 1 fully saturated rings. The second-order valence-corrected chi connectivity index (χ2v) is 7.83. The number of carbonyl (C=O) groups excluding carboxylic acids is 2. The number of rotatable bonds is 8. The topological polar surface area (TPSA) is 70.7 Å². The molecule has 2 N–H and O–H groups in total. The molecule has 1 saturated heterocycles. The van der Waals surface area contributed by atoms with Crippen molar-refractivity contribution in [3.8, 4) is 5.75 Å². The van der Waals surface area contributed by atoms with Gasteiger partial charge in [-0.1, -0.05) is 24.3 Å². The molecule has 0 aliphatic carbocycles. The Kier molecular flexibility index (Phi) is 8.27. The van der Waals surface area contributed by atoms with Crippen LogP contribution in [0.1, 0.15) is 31.2 Å². The Bertz CT molecular complexity index is 865. The van der Waals surface area contributed by atoms with E-state index in [4.69, 9.17) is 4.74 Å². The minimum atomic E-state index is -0.437. The number of benzene rings is 2. The molecular formula is C24H30FN3O3. The summed E-state index contributed by atoms with van der Waals surface area (Å²) < 4.78 is 18.8. The first kappa shape index (κ1) is 22.6. The smallest absolute Gasteiger partial charge is 0.321 e. The predicted molar refractivity (Wildman–Crippen MR) is 119 cm³/mol. The number of likely N-dealkylation sites (tertiary alicyclic amines) is 1. The van der Waals surface area contributed by atoms with Crippen molar-refractivity contribution in [2.45, 2.75) is 32.1 Å². The zero-order valence-electron chi connectivity index (χ0n) is 17.9. The summed E-state index contributed by atoms with van der Waals surface area (Å²) in [4.78, 5) is 26.2. The van der Waals surface area contributed by atoms with Crippen molar-refractivity contribution in [2.75, 3.05) is 32.1 Å². The van der Waals surface area contributed by atoms with Crippen LogP contribution in [0, 0.1) is 11.7 Å². The van der Waals surface area contributed by atoms with Crippen LogP contribution >= 0.6 is 0 Å². The number of aryl methyl sites for hydroxylation is 1. The van der Waals surface area contributed by atoms with E-state index in [1.165, 1.54) is 6.07 Å². The van der Waals surface area contributed by atoms with Gasteiger partial charge in [-0.2, -0.15) is 0 Å². The molecular weight excluding hydrogens is 397 g/mol. The monoisotopic (exact) mass is 427 g/mol. The van der Waals surface area contributed by atoms with Gasteiger partial charge in [0.25, 0.3) is 0 Å². The summed E-state index contributed by atoms with van der Waals surface area (Å²) in [5.41, 5.74) is 1.31. The van der Waals surface area contributed by atoms with E-state index in [0.717, 1.165) is 30.6 Å². The van der Waals surface area contributed by atoms with Crippen LogP contribution in [0.2, 0.25) is 0 Å². The first-order valence-electron chi connectivity index (χ1n) is 10.7. The number of halogens is 1.